The van der Waals surface area contributed by atoms with Crippen LogP contribution >= 0.6 is 22.6 Å². The monoisotopic (exact) mass is 357 g/mol. The smallest absolute Gasteiger partial charge is 0.315 e. The molecule has 1 N–H and O–H groups in total. The van der Waals surface area contributed by atoms with Gasteiger partial charge in [-0.05, 0) is 19.8 Å². The molecule has 0 aliphatic rings. The minimum Gasteiger partial charge on any atom is -0.463 e. The van der Waals surface area contributed by atoms with E-state index in [1.54, 1.807) is 6.92 Å². The van der Waals surface area contributed by atoms with Gasteiger partial charge in [-0.15, -0.1) is 0 Å². The average Bonchev–Trinajstić information content (AvgIpc) is 2.30. The molecule has 0 aliphatic heterocycles. The Labute approximate surface area is 116 Å². The first-order chi connectivity index (χ1) is 8.16. The molecule has 0 saturated carbocycles. The van der Waals surface area contributed by atoms with Gasteiger partial charge in [0.05, 0.1) is 24.2 Å². The second-order valence-corrected chi connectivity index (χ2v) is 4.23. The molecule has 0 atom stereocenters. The third-order valence-electron chi connectivity index (χ3n) is 1.81. The summed E-state index contributed by atoms with van der Waals surface area (Å²) in [4.78, 5) is 10.7. The summed E-state index contributed by atoms with van der Waals surface area (Å²) in [6.45, 7) is 4.20. The number of rotatable bonds is 11. The van der Waals surface area contributed by atoms with Crippen molar-refractivity contribution in [1.29, 1.82) is 5.41 Å². The lowest BCUT2D eigenvalue weighted by Gasteiger charge is -2.06. The zero-order valence-electron chi connectivity index (χ0n) is 10.2. The SMILES string of the molecule is CC(=N)CCCOCCOCCOC(=O)CI. The lowest BCUT2D eigenvalue weighted by Crippen LogP contribution is -2.13. The Morgan fingerprint density at radius 2 is 1.71 bits per heavy atom. The molecule has 0 aliphatic carbocycles. The molecule has 6 heteroatoms. The first-order valence-corrected chi connectivity index (χ1v) is 7.10. The zero-order chi connectivity index (χ0) is 12.9. The van der Waals surface area contributed by atoms with Crippen molar-refractivity contribution in [2.45, 2.75) is 19.8 Å². The molecule has 0 unspecified atom stereocenters. The molecule has 0 radical (unpaired) electrons. The maximum absolute atomic E-state index is 10.7. The molecule has 0 bridgehead atoms. The number of hydrogen-bond donors (Lipinski definition) is 1. The molecular formula is C11H20INO4. The fourth-order valence-electron chi connectivity index (χ4n) is 1.01. The third kappa shape index (κ3) is 13.7. The molecule has 0 spiro atoms. The summed E-state index contributed by atoms with van der Waals surface area (Å²) in [7, 11) is 0. The summed E-state index contributed by atoms with van der Waals surface area (Å²) in [5.41, 5.74) is 0.682. The minimum atomic E-state index is -0.215. The number of hydrogen-bond acceptors (Lipinski definition) is 5. The average molecular weight is 357 g/mol. The number of halogens is 1. The summed E-state index contributed by atoms with van der Waals surface area (Å²) in [5.74, 6) is -0.215. The molecule has 0 aromatic rings. The Balaban J connectivity index is 3.03. The van der Waals surface area contributed by atoms with Crippen LogP contribution < -0.4 is 0 Å². The van der Waals surface area contributed by atoms with Crippen molar-refractivity contribution in [2.75, 3.05) is 37.5 Å². The topological polar surface area (TPSA) is 68.6 Å². The van der Waals surface area contributed by atoms with Gasteiger partial charge in [0.25, 0.3) is 0 Å². The fraction of sp³-hybridized carbons (Fsp3) is 0.818. The van der Waals surface area contributed by atoms with Gasteiger partial charge in [-0.1, -0.05) is 22.6 Å². The van der Waals surface area contributed by atoms with Crippen LogP contribution in [0.25, 0.3) is 0 Å². The number of carbonyl (C=O) groups excluding carboxylic acids is 1. The van der Waals surface area contributed by atoms with E-state index in [9.17, 15) is 4.79 Å². The van der Waals surface area contributed by atoms with Crippen LogP contribution in [0.2, 0.25) is 0 Å². The Bertz CT molecular complexity index is 224. The van der Waals surface area contributed by atoms with Crippen LogP contribution in [0, 0.1) is 5.41 Å². The van der Waals surface area contributed by atoms with Crippen molar-refractivity contribution in [1.82, 2.24) is 0 Å². The number of ether oxygens (including phenoxy) is 3. The predicted molar refractivity (Wildman–Crippen MR) is 74.1 cm³/mol. The van der Waals surface area contributed by atoms with Crippen molar-refractivity contribution in [3.8, 4) is 0 Å². The summed E-state index contributed by atoms with van der Waals surface area (Å²) in [6, 6.07) is 0. The van der Waals surface area contributed by atoms with Crippen LogP contribution in [-0.2, 0) is 19.0 Å². The van der Waals surface area contributed by atoms with E-state index in [0.29, 0.717) is 43.2 Å². The van der Waals surface area contributed by atoms with Gasteiger partial charge in [-0.25, -0.2) is 0 Å². The summed E-state index contributed by atoms with van der Waals surface area (Å²) < 4.78 is 15.7. The molecular weight excluding hydrogens is 337 g/mol. The lowest BCUT2D eigenvalue weighted by atomic mass is 10.2. The van der Waals surface area contributed by atoms with Gasteiger partial charge in [0, 0.05) is 12.3 Å². The summed E-state index contributed by atoms with van der Waals surface area (Å²) in [5, 5.41) is 7.22. The summed E-state index contributed by atoms with van der Waals surface area (Å²) in [6.07, 6.45) is 1.66. The largest absolute Gasteiger partial charge is 0.463 e. The van der Waals surface area contributed by atoms with Gasteiger partial charge in [-0.3, -0.25) is 4.79 Å². The van der Waals surface area contributed by atoms with E-state index in [4.69, 9.17) is 19.6 Å². The molecule has 100 valence electrons. The molecule has 0 amide bonds. The second kappa shape index (κ2) is 12.3. The predicted octanol–water partition coefficient (Wildman–Crippen LogP) is 1.82. The van der Waals surface area contributed by atoms with E-state index >= 15 is 0 Å². The van der Waals surface area contributed by atoms with Crippen LogP contribution in [0.4, 0.5) is 0 Å². The second-order valence-electron chi connectivity index (χ2n) is 3.46. The van der Waals surface area contributed by atoms with Crippen LogP contribution in [0.5, 0.6) is 0 Å². The van der Waals surface area contributed by atoms with Gasteiger partial charge in [0.15, 0.2) is 0 Å². The van der Waals surface area contributed by atoms with Crippen LogP contribution in [0.1, 0.15) is 19.8 Å². The van der Waals surface area contributed by atoms with E-state index < -0.39 is 0 Å². The highest BCUT2D eigenvalue weighted by molar-refractivity contribution is 14.1. The highest BCUT2D eigenvalue weighted by Gasteiger charge is 1.98. The number of carbonyl (C=O) groups is 1. The first-order valence-electron chi connectivity index (χ1n) is 5.58. The van der Waals surface area contributed by atoms with Crippen LogP contribution in [-0.4, -0.2) is 49.1 Å². The van der Waals surface area contributed by atoms with Gasteiger partial charge < -0.3 is 19.6 Å². The van der Waals surface area contributed by atoms with E-state index in [1.807, 2.05) is 22.6 Å². The number of esters is 1. The zero-order valence-corrected chi connectivity index (χ0v) is 12.3. The normalized spacial score (nSPS) is 10.2. The van der Waals surface area contributed by atoms with Gasteiger partial charge in [0.2, 0.25) is 0 Å². The molecule has 0 saturated heterocycles. The Kier molecular flexibility index (Phi) is 12.1. The third-order valence-corrected chi connectivity index (χ3v) is 2.44. The molecule has 0 aromatic carbocycles. The summed E-state index contributed by atoms with van der Waals surface area (Å²) >= 11 is 1.95. The molecule has 5 nitrogen and oxygen atoms in total. The lowest BCUT2D eigenvalue weighted by molar-refractivity contribution is -0.141. The first kappa shape index (κ1) is 16.8. The van der Waals surface area contributed by atoms with Crippen molar-refractivity contribution < 1.29 is 19.0 Å². The molecule has 0 heterocycles. The molecule has 0 rings (SSSR count). The van der Waals surface area contributed by atoms with Crippen molar-refractivity contribution in [3.63, 3.8) is 0 Å². The van der Waals surface area contributed by atoms with Crippen LogP contribution in [0.15, 0.2) is 0 Å². The Hall–Kier alpha value is -0.210. The number of alkyl halides is 1. The molecule has 0 fully saturated rings. The van der Waals surface area contributed by atoms with Gasteiger partial charge in [0.1, 0.15) is 6.61 Å². The number of nitrogens with one attached hydrogen (secondary N) is 1. The quantitative estimate of drug-likeness (QED) is 0.201. The van der Waals surface area contributed by atoms with Crippen molar-refractivity contribution in [3.05, 3.63) is 0 Å². The van der Waals surface area contributed by atoms with Gasteiger partial charge in [-0.2, -0.15) is 0 Å². The van der Waals surface area contributed by atoms with Crippen molar-refractivity contribution >= 4 is 34.3 Å². The Morgan fingerprint density at radius 3 is 2.29 bits per heavy atom. The van der Waals surface area contributed by atoms with Crippen LogP contribution in [0.3, 0.4) is 0 Å². The maximum atomic E-state index is 10.7. The fourth-order valence-corrected chi connectivity index (χ4v) is 1.23. The van der Waals surface area contributed by atoms with E-state index in [1.165, 1.54) is 0 Å². The van der Waals surface area contributed by atoms with Crippen molar-refractivity contribution in [2.24, 2.45) is 0 Å². The standard InChI is InChI=1S/C11H20INO4/c1-10(13)3-2-4-15-5-6-16-7-8-17-11(14)9-12/h13H,2-9H2,1H3. The highest BCUT2D eigenvalue weighted by atomic mass is 127. The van der Waals surface area contributed by atoms with Gasteiger partial charge >= 0.3 is 5.97 Å². The van der Waals surface area contributed by atoms with E-state index in [2.05, 4.69) is 0 Å². The molecule has 17 heavy (non-hydrogen) atoms. The Morgan fingerprint density at radius 1 is 1.12 bits per heavy atom. The minimum absolute atomic E-state index is 0.215. The van der Waals surface area contributed by atoms with E-state index in [-0.39, 0.29) is 5.97 Å². The highest BCUT2D eigenvalue weighted by Crippen LogP contribution is 1.92. The molecule has 0 aromatic heterocycles. The maximum Gasteiger partial charge on any atom is 0.315 e. The van der Waals surface area contributed by atoms with E-state index in [0.717, 1.165) is 12.8 Å².